The Morgan fingerprint density at radius 3 is 2.75 bits per heavy atom. The molecule has 5 heteroatoms. The minimum Gasteiger partial charge on any atom is -0.298 e. The fourth-order valence-electron chi connectivity index (χ4n) is 4.79. The maximum atomic E-state index is 13.4. The Bertz CT molecular complexity index is 855. The van der Waals surface area contributed by atoms with Crippen molar-refractivity contribution in [2.45, 2.75) is 33.1 Å². The molecule has 2 atom stereocenters. The summed E-state index contributed by atoms with van der Waals surface area (Å²) in [5.41, 5.74) is 0.0364. The third kappa shape index (κ3) is 1.70. The summed E-state index contributed by atoms with van der Waals surface area (Å²) >= 11 is 0. The van der Waals surface area contributed by atoms with Gasteiger partial charge in [-0.15, -0.1) is 0 Å². The first-order valence-corrected chi connectivity index (χ1v) is 8.36. The second-order valence-corrected chi connectivity index (χ2v) is 7.51. The van der Waals surface area contributed by atoms with E-state index in [9.17, 15) is 9.59 Å². The number of hydrazine groups is 1. The zero-order chi connectivity index (χ0) is 17.1. The standard InChI is InChI=1S/C19H21N3O2/c1-18(2)12-8-9-19(18,16(23)11-12)17(24)22(20)15-7-3-6-14-13(15)5-4-10-21-14/h3-7,10,12H,8-9,11,20H2,1-2H3. The molecule has 24 heavy (non-hydrogen) atoms. The maximum Gasteiger partial charge on any atom is 0.255 e. The van der Waals surface area contributed by atoms with Crippen molar-refractivity contribution in [3.63, 3.8) is 0 Å². The lowest BCUT2D eigenvalue weighted by atomic mass is 9.68. The number of carbonyl (C=O) groups is 2. The summed E-state index contributed by atoms with van der Waals surface area (Å²) in [6.07, 6.45) is 3.71. The predicted molar refractivity (Wildman–Crippen MR) is 92.0 cm³/mol. The number of benzene rings is 1. The summed E-state index contributed by atoms with van der Waals surface area (Å²) in [7, 11) is 0. The number of aromatic nitrogens is 1. The molecule has 1 aromatic carbocycles. The number of carbonyl (C=O) groups excluding carboxylic acids is 2. The Labute approximate surface area is 140 Å². The van der Waals surface area contributed by atoms with E-state index in [4.69, 9.17) is 5.84 Å². The molecule has 2 bridgehead atoms. The normalized spacial score (nSPS) is 27.6. The van der Waals surface area contributed by atoms with Crippen LogP contribution in [0, 0.1) is 16.7 Å². The van der Waals surface area contributed by atoms with Crippen molar-refractivity contribution in [3.05, 3.63) is 36.5 Å². The summed E-state index contributed by atoms with van der Waals surface area (Å²) in [5.74, 6) is 6.29. The van der Waals surface area contributed by atoms with Crippen molar-refractivity contribution in [1.82, 2.24) is 4.98 Å². The first-order valence-electron chi connectivity index (χ1n) is 8.36. The number of ketones is 1. The van der Waals surface area contributed by atoms with E-state index >= 15 is 0 Å². The zero-order valence-electron chi connectivity index (χ0n) is 14.0. The molecule has 0 saturated heterocycles. The zero-order valence-corrected chi connectivity index (χ0v) is 14.0. The van der Waals surface area contributed by atoms with Crippen LogP contribution in [0.3, 0.4) is 0 Å². The van der Waals surface area contributed by atoms with Crippen LogP contribution in [-0.4, -0.2) is 16.7 Å². The van der Waals surface area contributed by atoms with Gasteiger partial charge in [0.15, 0.2) is 0 Å². The van der Waals surface area contributed by atoms with Crippen LogP contribution in [0.25, 0.3) is 10.9 Å². The summed E-state index contributed by atoms with van der Waals surface area (Å²) in [6.45, 7) is 4.07. The van der Waals surface area contributed by atoms with Crippen molar-refractivity contribution in [2.75, 3.05) is 5.01 Å². The lowest BCUT2D eigenvalue weighted by Gasteiger charge is -2.37. The Kier molecular flexibility index (Phi) is 3.09. The van der Waals surface area contributed by atoms with Crippen LogP contribution in [0.2, 0.25) is 0 Å². The number of hydrogen-bond acceptors (Lipinski definition) is 4. The molecule has 0 radical (unpaired) electrons. The highest BCUT2D eigenvalue weighted by Crippen LogP contribution is 2.64. The van der Waals surface area contributed by atoms with Gasteiger partial charge in [0, 0.05) is 18.0 Å². The van der Waals surface area contributed by atoms with E-state index in [1.165, 1.54) is 5.01 Å². The number of hydrogen-bond donors (Lipinski definition) is 1. The summed E-state index contributed by atoms with van der Waals surface area (Å²) in [5, 5.41) is 1.99. The van der Waals surface area contributed by atoms with Crippen LogP contribution >= 0.6 is 0 Å². The molecule has 2 aliphatic carbocycles. The van der Waals surface area contributed by atoms with Gasteiger partial charge in [-0.1, -0.05) is 19.9 Å². The molecular formula is C19H21N3O2. The number of anilines is 1. The van der Waals surface area contributed by atoms with Gasteiger partial charge in [0.1, 0.15) is 11.2 Å². The van der Waals surface area contributed by atoms with Gasteiger partial charge in [0.2, 0.25) is 0 Å². The van der Waals surface area contributed by atoms with Gasteiger partial charge in [-0.3, -0.25) is 14.6 Å². The van der Waals surface area contributed by atoms with Crippen LogP contribution in [0.15, 0.2) is 36.5 Å². The number of fused-ring (bicyclic) bond motifs is 3. The van der Waals surface area contributed by atoms with Crippen molar-refractivity contribution in [3.8, 4) is 0 Å². The largest absolute Gasteiger partial charge is 0.298 e. The third-order valence-electron chi connectivity index (χ3n) is 6.36. The van der Waals surface area contributed by atoms with Gasteiger partial charge < -0.3 is 0 Å². The second kappa shape index (κ2) is 4.86. The highest BCUT2D eigenvalue weighted by Gasteiger charge is 2.68. The molecule has 2 fully saturated rings. The molecule has 2 aliphatic rings. The van der Waals surface area contributed by atoms with Gasteiger partial charge in [0.05, 0.1) is 11.2 Å². The predicted octanol–water partition coefficient (Wildman–Crippen LogP) is 2.84. The monoisotopic (exact) mass is 323 g/mol. The third-order valence-corrected chi connectivity index (χ3v) is 6.36. The van der Waals surface area contributed by atoms with E-state index in [1.807, 2.05) is 38.1 Å². The van der Waals surface area contributed by atoms with E-state index in [0.29, 0.717) is 18.5 Å². The van der Waals surface area contributed by atoms with Crippen molar-refractivity contribution in [1.29, 1.82) is 0 Å². The fraction of sp³-hybridized carbons (Fsp3) is 0.421. The maximum absolute atomic E-state index is 13.4. The SMILES string of the molecule is CC1(C)C2CCC1(C(=O)N(N)c1cccc3ncccc13)C(=O)C2. The molecule has 5 nitrogen and oxygen atoms in total. The number of nitrogens with zero attached hydrogens (tertiary/aromatic N) is 2. The Morgan fingerprint density at radius 1 is 1.29 bits per heavy atom. The van der Waals surface area contributed by atoms with Crippen LogP contribution in [0.1, 0.15) is 33.1 Å². The molecule has 2 unspecified atom stereocenters. The Hall–Kier alpha value is -2.27. The van der Waals surface area contributed by atoms with E-state index in [1.54, 1.807) is 12.3 Å². The minimum absolute atomic E-state index is 0.0440. The summed E-state index contributed by atoms with van der Waals surface area (Å²) in [6, 6.07) is 9.22. The molecule has 1 aromatic heterocycles. The van der Waals surface area contributed by atoms with Gasteiger partial charge in [0.25, 0.3) is 5.91 Å². The van der Waals surface area contributed by atoms with E-state index in [0.717, 1.165) is 17.3 Å². The fourth-order valence-corrected chi connectivity index (χ4v) is 4.79. The Balaban J connectivity index is 1.81. The van der Waals surface area contributed by atoms with Crippen molar-refractivity contribution >= 4 is 28.3 Å². The van der Waals surface area contributed by atoms with Crippen LogP contribution in [-0.2, 0) is 9.59 Å². The number of Topliss-reactive ketones (excluding diaryl/α,β-unsaturated/α-hetero) is 1. The van der Waals surface area contributed by atoms with Gasteiger partial charge in [-0.2, -0.15) is 0 Å². The molecular weight excluding hydrogens is 302 g/mol. The smallest absolute Gasteiger partial charge is 0.255 e. The molecule has 4 rings (SSSR count). The highest BCUT2D eigenvalue weighted by atomic mass is 16.2. The van der Waals surface area contributed by atoms with Crippen LogP contribution < -0.4 is 10.9 Å². The van der Waals surface area contributed by atoms with Crippen LogP contribution in [0.4, 0.5) is 5.69 Å². The molecule has 2 N–H and O–H groups in total. The van der Waals surface area contributed by atoms with E-state index in [2.05, 4.69) is 4.98 Å². The summed E-state index contributed by atoms with van der Waals surface area (Å²) < 4.78 is 0. The average molecular weight is 323 g/mol. The van der Waals surface area contributed by atoms with Gasteiger partial charge in [-0.25, -0.2) is 10.9 Å². The summed E-state index contributed by atoms with van der Waals surface area (Å²) in [4.78, 5) is 30.4. The van der Waals surface area contributed by atoms with Gasteiger partial charge >= 0.3 is 0 Å². The van der Waals surface area contributed by atoms with Gasteiger partial charge in [-0.05, 0) is 48.4 Å². The molecule has 0 spiro atoms. The quantitative estimate of drug-likeness (QED) is 0.399. The van der Waals surface area contributed by atoms with E-state index < -0.39 is 5.41 Å². The highest BCUT2D eigenvalue weighted by molar-refractivity contribution is 6.16. The number of pyridine rings is 1. The first kappa shape index (κ1) is 15.3. The van der Waals surface area contributed by atoms with E-state index in [-0.39, 0.29) is 23.0 Å². The number of rotatable bonds is 2. The molecule has 1 amide bonds. The molecule has 2 saturated carbocycles. The molecule has 2 aromatic rings. The lowest BCUT2D eigenvalue weighted by Crippen LogP contribution is -2.54. The average Bonchev–Trinajstić information content (AvgIpc) is 2.95. The Morgan fingerprint density at radius 2 is 2.08 bits per heavy atom. The first-order chi connectivity index (χ1) is 11.4. The second-order valence-electron chi connectivity index (χ2n) is 7.51. The molecule has 124 valence electrons. The molecule has 1 heterocycles. The minimum atomic E-state index is -0.989. The van der Waals surface area contributed by atoms with Crippen molar-refractivity contribution < 1.29 is 9.59 Å². The topological polar surface area (TPSA) is 76.3 Å². The van der Waals surface area contributed by atoms with Crippen molar-refractivity contribution in [2.24, 2.45) is 22.6 Å². The van der Waals surface area contributed by atoms with Crippen LogP contribution in [0.5, 0.6) is 0 Å². The number of amides is 1. The number of nitrogens with two attached hydrogens (primary N) is 1. The lowest BCUT2D eigenvalue weighted by molar-refractivity contribution is -0.143. The molecule has 0 aliphatic heterocycles.